The van der Waals surface area contributed by atoms with E-state index in [1.807, 2.05) is 12.3 Å². The Bertz CT molecular complexity index is 279. The zero-order chi connectivity index (χ0) is 6.10. The lowest BCUT2D eigenvalue weighted by molar-refractivity contribution is 0.527. The minimum absolute atomic E-state index is 0.909. The van der Waals surface area contributed by atoms with Crippen molar-refractivity contribution in [3.63, 3.8) is 0 Å². The summed E-state index contributed by atoms with van der Waals surface area (Å²) in [5, 5.41) is 4.24. The second-order valence-electron chi connectivity index (χ2n) is 2.00. The van der Waals surface area contributed by atoms with Gasteiger partial charge in [-0.3, -0.25) is 0 Å². The van der Waals surface area contributed by atoms with Gasteiger partial charge in [0.1, 0.15) is 5.42 Å². The van der Waals surface area contributed by atoms with Gasteiger partial charge in [0, 0.05) is 18.0 Å². The smallest absolute Gasteiger partial charge is 0.149 e. The van der Waals surface area contributed by atoms with E-state index in [1.165, 1.54) is 5.22 Å². The average Bonchev–Trinajstić information content (AvgIpc) is 2.33. The van der Waals surface area contributed by atoms with E-state index in [9.17, 15) is 0 Å². The molecule has 2 rings (SSSR count). The van der Waals surface area contributed by atoms with Crippen molar-refractivity contribution in [1.29, 1.82) is 0 Å². The van der Waals surface area contributed by atoms with Crippen LogP contribution in [0.2, 0.25) is 0 Å². The van der Waals surface area contributed by atoms with Crippen LogP contribution in [0.15, 0.2) is 16.7 Å². The molecule has 2 heteroatoms. The molecule has 0 saturated carbocycles. The first kappa shape index (κ1) is 4.68. The van der Waals surface area contributed by atoms with Crippen LogP contribution in [0.3, 0.4) is 0 Å². The van der Waals surface area contributed by atoms with Crippen molar-refractivity contribution in [1.82, 2.24) is 5.32 Å². The minimum atomic E-state index is 0.909. The van der Waals surface area contributed by atoms with Gasteiger partial charge in [0.2, 0.25) is 0 Å². The van der Waals surface area contributed by atoms with Gasteiger partial charge in [0.05, 0.1) is 6.26 Å². The predicted molar refractivity (Wildman–Crippen MR) is 34.9 cm³/mol. The standard InChI is InChI=1S/C7H7NO/c1-3-8-5-7-6(1)2-4-9-7/h1-2,4-5,8H,3H2. The number of rotatable bonds is 0. The van der Waals surface area contributed by atoms with Crippen molar-refractivity contribution >= 4 is 12.3 Å². The highest BCUT2D eigenvalue weighted by Gasteiger charge is 1.91. The summed E-state index contributed by atoms with van der Waals surface area (Å²) >= 11 is 0. The summed E-state index contributed by atoms with van der Waals surface area (Å²) in [7, 11) is 0. The summed E-state index contributed by atoms with van der Waals surface area (Å²) in [6.45, 7) is 0.909. The molecule has 0 atom stereocenters. The Morgan fingerprint density at radius 3 is 3.44 bits per heavy atom. The molecule has 1 N–H and O–H groups in total. The third-order valence-corrected chi connectivity index (χ3v) is 1.40. The van der Waals surface area contributed by atoms with E-state index in [-0.39, 0.29) is 0 Å². The fraction of sp³-hybridized carbons (Fsp3) is 0.143. The number of nitrogens with one attached hydrogen (secondary N) is 1. The number of fused-ring (bicyclic) bond motifs is 1. The van der Waals surface area contributed by atoms with Gasteiger partial charge in [0.25, 0.3) is 0 Å². The minimum Gasteiger partial charge on any atom is -0.463 e. The Morgan fingerprint density at radius 1 is 1.56 bits per heavy atom. The first-order chi connectivity index (χ1) is 4.47. The number of hydrogen-bond donors (Lipinski definition) is 1. The molecule has 0 aromatic carbocycles. The largest absolute Gasteiger partial charge is 0.463 e. The maximum absolute atomic E-state index is 5.11. The molecular weight excluding hydrogens is 114 g/mol. The number of furan rings is 1. The summed E-state index contributed by atoms with van der Waals surface area (Å²) in [6.07, 6.45) is 5.68. The molecule has 2 heterocycles. The van der Waals surface area contributed by atoms with Gasteiger partial charge in [-0.15, -0.1) is 0 Å². The molecule has 0 unspecified atom stereocenters. The molecule has 46 valence electrons. The van der Waals surface area contributed by atoms with Gasteiger partial charge < -0.3 is 9.73 Å². The van der Waals surface area contributed by atoms with Crippen LogP contribution in [0.4, 0.5) is 0 Å². The van der Waals surface area contributed by atoms with Crippen LogP contribution in [0.5, 0.6) is 0 Å². The summed E-state index contributed by atoms with van der Waals surface area (Å²) in [4.78, 5) is 0. The molecule has 0 amide bonds. The van der Waals surface area contributed by atoms with E-state index < -0.39 is 0 Å². The highest BCUT2D eigenvalue weighted by atomic mass is 16.3. The third kappa shape index (κ3) is 0.633. The molecule has 0 saturated heterocycles. The fourth-order valence-electron chi connectivity index (χ4n) is 0.937. The molecule has 0 spiro atoms. The monoisotopic (exact) mass is 121 g/mol. The van der Waals surface area contributed by atoms with Crippen LogP contribution < -0.4 is 16.0 Å². The van der Waals surface area contributed by atoms with Crippen molar-refractivity contribution in [2.24, 2.45) is 0 Å². The van der Waals surface area contributed by atoms with E-state index in [0.717, 1.165) is 12.0 Å². The van der Waals surface area contributed by atoms with Crippen molar-refractivity contribution in [3.05, 3.63) is 23.0 Å². The molecule has 0 aliphatic carbocycles. The van der Waals surface area contributed by atoms with E-state index in [2.05, 4.69) is 11.4 Å². The topological polar surface area (TPSA) is 25.2 Å². The highest BCUT2D eigenvalue weighted by molar-refractivity contribution is 5.34. The molecule has 9 heavy (non-hydrogen) atoms. The van der Waals surface area contributed by atoms with Crippen molar-refractivity contribution in [2.75, 3.05) is 6.54 Å². The molecule has 1 aliphatic rings. The van der Waals surface area contributed by atoms with Crippen LogP contribution >= 0.6 is 0 Å². The summed E-state index contributed by atoms with van der Waals surface area (Å²) < 4.78 is 5.11. The summed E-state index contributed by atoms with van der Waals surface area (Å²) in [6, 6.07) is 1.96. The molecular formula is C7H7NO. The summed E-state index contributed by atoms with van der Waals surface area (Å²) in [5.74, 6) is 0. The van der Waals surface area contributed by atoms with Crippen molar-refractivity contribution in [2.45, 2.75) is 0 Å². The molecule has 0 bridgehead atoms. The second-order valence-corrected chi connectivity index (χ2v) is 2.00. The van der Waals surface area contributed by atoms with E-state index in [0.29, 0.717) is 0 Å². The van der Waals surface area contributed by atoms with E-state index in [4.69, 9.17) is 4.42 Å². The molecule has 0 radical (unpaired) electrons. The lowest BCUT2D eigenvalue weighted by atomic mass is 10.3. The maximum atomic E-state index is 5.11. The first-order valence-corrected chi connectivity index (χ1v) is 2.94. The normalized spacial score (nSPS) is 14.7. The fourth-order valence-corrected chi connectivity index (χ4v) is 0.937. The molecule has 0 fully saturated rings. The van der Waals surface area contributed by atoms with Crippen LogP contribution in [-0.4, -0.2) is 6.54 Å². The molecule has 2 nitrogen and oxygen atoms in total. The first-order valence-electron chi connectivity index (χ1n) is 2.94. The SMILES string of the molecule is C1=c2ccoc2=CNC1. The van der Waals surface area contributed by atoms with Gasteiger partial charge in [0.15, 0.2) is 0 Å². The molecule has 1 aliphatic heterocycles. The van der Waals surface area contributed by atoms with Crippen LogP contribution in [0.1, 0.15) is 0 Å². The Labute approximate surface area is 52.5 Å². The Hall–Kier alpha value is -1.18. The van der Waals surface area contributed by atoms with Crippen LogP contribution in [0.25, 0.3) is 12.3 Å². The van der Waals surface area contributed by atoms with Gasteiger partial charge in [-0.1, -0.05) is 6.08 Å². The van der Waals surface area contributed by atoms with Gasteiger partial charge in [-0.05, 0) is 6.07 Å². The van der Waals surface area contributed by atoms with Crippen molar-refractivity contribution < 1.29 is 4.42 Å². The lowest BCUT2D eigenvalue weighted by Crippen LogP contribution is -2.29. The average molecular weight is 121 g/mol. The third-order valence-electron chi connectivity index (χ3n) is 1.40. The maximum Gasteiger partial charge on any atom is 0.149 e. The predicted octanol–water partition coefficient (Wildman–Crippen LogP) is -0.599. The second kappa shape index (κ2) is 1.65. The Balaban J connectivity index is 2.89. The van der Waals surface area contributed by atoms with Crippen LogP contribution in [-0.2, 0) is 0 Å². The van der Waals surface area contributed by atoms with Gasteiger partial charge in [-0.2, -0.15) is 0 Å². The molecule has 1 aromatic heterocycles. The van der Waals surface area contributed by atoms with Gasteiger partial charge >= 0.3 is 0 Å². The number of hydrogen-bond acceptors (Lipinski definition) is 2. The molecule has 1 aromatic rings. The lowest BCUT2D eigenvalue weighted by Gasteiger charge is -1.95. The van der Waals surface area contributed by atoms with Crippen LogP contribution in [0, 0.1) is 0 Å². The van der Waals surface area contributed by atoms with Gasteiger partial charge in [-0.25, -0.2) is 0 Å². The quantitative estimate of drug-likeness (QED) is 0.496. The van der Waals surface area contributed by atoms with E-state index >= 15 is 0 Å². The Kier molecular flexibility index (Phi) is 0.859. The zero-order valence-corrected chi connectivity index (χ0v) is 4.92. The van der Waals surface area contributed by atoms with E-state index in [1.54, 1.807) is 6.26 Å². The van der Waals surface area contributed by atoms with Crippen molar-refractivity contribution in [3.8, 4) is 0 Å². The zero-order valence-electron chi connectivity index (χ0n) is 4.92. The highest BCUT2D eigenvalue weighted by Crippen LogP contribution is 1.74. The summed E-state index contributed by atoms with van der Waals surface area (Å²) in [5.41, 5.74) is 0.932. The Morgan fingerprint density at radius 2 is 2.56 bits per heavy atom.